The number of halogens is 1. The highest BCUT2D eigenvalue weighted by Crippen LogP contribution is 2.25. The summed E-state index contributed by atoms with van der Waals surface area (Å²) in [5.41, 5.74) is 0.454. The van der Waals surface area contributed by atoms with Crippen LogP contribution in [-0.4, -0.2) is 17.4 Å². The fraction of sp³-hybridized carbons (Fsp3) is 0.278. The van der Waals surface area contributed by atoms with Crippen LogP contribution >= 0.6 is 0 Å². The highest BCUT2D eigenvalue weighted by atomic mass is 19.1. The lowest BCUT2D eigenvalue weighted by molar-refractivity contribution is -0.387. The van der Waals surface area contributed by atoms with Gasteiger partial charge in [0.15, 0.2) is 6.61 Å². The Morgan fingerprint density at radius 1 is 1.24 bits per heavy atom. The first-order chi connectivity index (χ1) is 11.7. The van der Waals surface area contributed by atoms with Gasteiger partial charge in [0.2, 0.25) is 5.82 Å². The third-order valence-electron chi connectivity index (χ3n) is 3.50. The van der Waals surface area contributed by atoms with E-state index in [2.05, 4.69) is 26.1 Å². The zero-order chi connectivity index (χ0) is 18.6. The van der Waals surface area contributed by atoms with Crippen LogP contribution in [0.4, 0.5) is 15.8 Å². The van der Waals surface area contributed by atoms with Gasteiger partial charge in [-0.25, -0.2) is 0 Å². The predicted molar refractivity (Wildman–Crippen MR) is 92.3 cm³/mol. The fourth-order valence-electron chi connectivity index (χ4n) is 2.13. The van der Waals surface area contributed by atoms with E-state index in [0.29, 0.717) is 5.75 Å². The molecule has 0 heterocycles. The monoisotopic (exact) mass is 346 g/mol. The minimum atomic E-state index is -0.960. The minimum Gasteiger partial charge on any atom is -0.484 e. The van der Waals surface area contributed by atoms with Crippen LogP contribution in [0.5, 0.6) is 5.75 Å². The number of ether oxygens (including phenoxy) is 1. The number of amides is 1. The molecule has 6 nitrogen and oxygen atoms in total. The summed E-state index contributed by atoms with van der Waals surface area (Å²) in [5, 5.41) is 13.2. The van der Waals surface area contributed by atoms with Gasteiger partial charge in [-0.3, -0.25) is 14.9 Å². The van der Waals surface area contributed by atoms with E-state index in [9.17, 15) is 19.3 Å². The summed E-state index contributed by atoms with van der Waals surface area (Å²) in [6.45, 7) is 5.94. The number of hydrogen-bond acceptors (Lipinski definition) is 4. The van der Waals surface area contributed by atoms with Crippen molar-refractivity contribution < 1.29 is 18.8 Å². The summed E-state index contributed by atoms with van der Waals surface area (Å²) in [5.74, 6) is -0.909. The smallest absolute Gasteiger partial charge is 0.306 e. The molecule has 2 aromatic rings. The van der Waals surface area contributed by atoms with Crippen LogP contribution in [0.3, 0.4) is 0 Å². The van der Waals surface area contributed by atoms with Crippen molar-refractivity contribution >= 4 is 17.3 Å². The molecule has 0 radical (unpaired) electrons. The van der Waals surface area contributed by atoms with Gasteiger partial charge in [0.05, 0.1) is 4.92 Å². The maximum absolute atomic E-state index is 13.3. The van der Waals surface area contributed by atoms with Crippen molar-refractivity contribution in [2.75, 3.05) is 11.9 Å². The van der Waals surface area contributed by atoms with Gasteiger partial charge in [-0.05, 0) is 35.2 Å². The van der Waals surface area contributed by atoms with E-state index < -0.39 is 22.3 Å². The molecule has 1 amide bonds. The molecule has 2 aromatic carbocycles. The van der Waals surface area contributed by atoms with E-state index in [1.54, 1.807) is 6.07 Å². The zero-order valence-corrected chi connectivity index (χ0v) is 14.2. The number of nitrogens with zero attached hydrogens (tertiary/aromatic N) is 1. The lowest BCUT2D eigenvalue weighted by Crippen LogP contribution is -2.20. The Balaban J connectivity index is 2.00. The molecule has 2 rings (SSSR count). The molecule has 0 fully saturated rings. The molecular weight excluding hydrogens is 327 g/mol. The number of nitro groups is 1. The fourth-order valence-corrected chi connectivity index (χ4v) is 2.13. The van der Waals surface area contributed by atoms with Gasteiger partial charge in [0.1, 0.15) is 5.75 Å². The second-order valence-corrected chi connectivity index (χ2v) is 6.54. The van der Waals surface area contributed by atoms with E-state index in [4.69, 9.17) is 4.74 Å². The first-order valence-corrected chi connectivity index (χ1v) is 7.64. The van der Waals surface area contributed by atoms with Crippen LogP contribution in [0.15, 0.2) is 42.5 Å². The Morgan fingerprint density at radius 2 is 1.96 bits per heavy atom. The van der Waals surface area contributed by atoms with Gasteiger partial charge in [0, 0.05) is 11.8 Å². The van der Waals surface area contributed by atoms with Crippen LogP contribution in [-0.2, 0) is 10.2 Å². The van der Waals surface area contributed by atoms with E-state index >= 15 is 0 Å². The summed E-state index contributed by atoms with van der Waals surface area (Å²) in [6.07, 6.45) is 0. The van der Waals surface area contributed by atoms with Crippen LogP contribution in [0.1, 0.15) is 26.3 Å². The van der Waals surface area contributed by atoms with Crippen LogP contribution in [0.25, 0.3) is 0 Å². The standard InChI is InChI=1S/C18H19FN2O4/c1-18(2,3)12-5-4-6-14(9-12)25-11-17(22)20-13-7-8-15(19)16(10-13)21(23)24/h4-10H,11H2,1-3H3,(H,20,22). The van der Waals surface area contributed by atoms with Gasteiger partial charge in [0.25, 0.3) is 5.91 Å². The Labute approximate surface area is 144 Å². The normalized spacial score (nSPS) is 11.0. The minimum absolute atomic E-state index is 0.0469. The van der Waals surface area contributed by atoms with Crippen molar-refractivity contribution in [2.24, 2.45) is 0 Å². The van der Waals surface area contributed by atoms with Crippen LogP contribution in [0.2, 0.25) is 0 Å². The molecule has 0 bridgehead atoms. The SMILES string of the molecule is CC(C)(C)c1cccc(OCC(=O)Nc2ccc(F)c([N+](=O)[O-])c2)c1. The lowest BCUT2D eigenvalue weighted by atomic mass is 9.87. The van der Waals surface area contributed by atoms with Crippen molar-refractivity contribution in [2.45, 2.75) is 26.2 Å². The summed E-state index contributed by atoms with van der Waals surface area (Å²) >= 11 is 0. The Morgan fingerprint density at radius 3 is 2.60 bits per heavy atom. The molecule has 1 N–H and O–H groups in total. The average Bonchev–Trinajstić information content (AvgIpc) is 2.54. The molecular formula is C18H19FN2O4. The first-order valence-electron chi connectivity index (χ1n) is 7.64. The molecule has 0 aliphatic carbocycles. The Bertz CT molecular complexity index is 800. The molecule has 0 saturated carbocycles. The number of carbonyl (C=O) groups is 1. The number of nitrogens with one attached hydrogen (secondary N) is 1. The largest absolute Gasteiger partial charge is 0.484 e. The average molecular weight is 346 g/mol. The second kappa shape index (κ2) is 7.29. The number of anilines is 1. The van der Waals surface area contributed by atoms with E-state index in [0.717, 1.165) is 17.7 Å². The maximum Gasteiger partial charge on any atom is 0.306 e. The molecule has 0 atom stereocenters. The first kappa shape index (κ1) is 18.4. The van der Waals surface area contributed by atoms with Gasteiger partial charge >= 0.3 is 5.69 Å². The summed E-state index contributed by atoms with van der Waals surface area (Å²) in [6, 6.07) is 10.6. The van der Waals surface area contributed by atoms with Gasteiger partial charge in [-0.15, -0.1) is 0 Å². The molecule has 0 saturated heterocycles. The molecule has 0 unspecified atom stereocenters. The van der Waals surface area contributed by atoms with Gasteiger partial charge in [-0.1, -0.05) is 32.9 Å². The molecule has 0 spiro atoms. The number of nitro benzene ring substituents is 1. The van der Waals surface area contributed by atoms with Crippen LogP contribution in [0, 0.1) is 15.9 Å². The number of carbonyl (C=O) groups excluding carboxylic acids is 1. The highest BCUT2D eigenvalue weighted by Gasteiger charge is 2.16. The number of benzene rings is 2. The molecule has 0 aromatic heterocycles. The van der Waals surface area contributed by atoms with Crippen molar-refractivity contribution in [1.82, 2.24) is 0 Å². The Kier molecular flexibility index (Phi) is 5.36. The maximum atomic E-state index is 13.3. The zero-order valence-electron chi connectivity index (χ0n) is 14.2. The Hall–Kier alpha value is -2.96. The second-order valence-electron chi connectivity index (χ2n) is 6.54. The van der Waals surface area contributed by atoms with Crippen molar-refractivity contribution in [3.05, 3.63) is 64.0 Å². The van der Waals surface area contributed by atoms with E-state index in [1.807, 2.05) is 18.2 Å². The summed E-state index contributed by atoms with van der Waals surface area (Å²) in [4.78, 5) is 21.8. The molecule has 0 aliphatic rings. The number of hydrogen-bond donors (Lipinski definition) is 1. The van der Waals surface area contributed by atoms with E-state index in [1.165, 1.54) is 6.07 Å². The lowest BCUT2D eigenvalue weighted by Gasteiger charge is -2.19. The van der Waals surface area contributed by atoms with Gasteiger partial charge < -0.3 is 10.1 Å². The molecule has 0 aliphatic heterocycles. The topological polar surface area (TPSA) is 81.5 Å². The third kappa shape index (κ3) is 5.00. The molecule has 25 heavy (non-hydrogen) atoms. The van der Waals surface area contributed by atoms with Gasteiger partial charge in [-0.2, -0.15) is 4.39 Å². The van der Waals surface area contributed by atoms with Crippen LogP contribution < -0.4 is 10.1 Å². The highest BCUT2D eigenvalue weighted by molar-refractivity contribution is 5.92. The number of rotatable bonds is 5. The van der Waals surface area contributed by atoms with E-state index in [-0.39, 0.29) is 17.7 Å². The third-order valence-corrected chi connectivity index (χ3v) is 3.50. The quantitative estimate of drug-likeness (QED) is 0.654. The molecule has 7 heteroatoms. The van der Waals surface area contributed by atoms with Crippen molar-refractivity contribution in [3.63, 3.8) is 0 Å². The van der Waals surface area contributed by atoms with Crippen molar-refractivity contribution in [3.8, 4) is 5.75 Å². The predicted octanol–water partition coefficient (Wildman–Crippen LogP) is 4.05. The summed E-state index contributed by atoms with van der Waals surface area (Å²) < 4.78 is 18.7. The summed E-state index contributed by atoms with van der Waals surface area (Å²) in [7, 11) is 0. The molecule has 132 valence electrons. The van der Waals surface area contributed by atoms with Crippen molar-refractivity contribution in [1.29, 1.82) is 0 Å².